The minimum Gasteiger partial charge on any atom is -0.497 e. The van der Waals surface area contributed by atoms with Crippen molar-refractivity contribution in [3.05, 3.63) is 41.5 Å². The summed E-state index contributed by atoms with van der Waals surface area (Å²) in [6, 6.07) is 7.91. The van der Waals surface area contributed by atoms with Gasteiger partial charge in [0, 0.05) is 44.6 Å². The minimum absolute atomic E-state index is 0.208. The second-order valence-corrected chi connectivity index (χ2v) is 7.88. The maximum absolute atomic E-state index is 12.6. The van der Waals surface area contributed by atoms with Crippen molar-refractivity contribution in [2.24, 2.45) is 0 Å². The molecule has 0 spiro atoms. The van der Waals surface area contributed by atoms with Gasteiger partial charge in [-0.1, -0.05) is 17.3 Å². The Morgan fingerprint density at radius 3 is 2.72 bits per heavy atom. The molecule has 0 unspecified atom stereocenters. The first-order valence-electron chi connectivity index (χ1n) is 10.5. The molecule has 29 heavy (non-hydrogen) atoms. The zero-order valence-electron chi connectivity index (χ0n) is 17.0. The molecule has 156 valence electrons. The number of hydrogen-bond acceptors (Lipinski definition) is 6. The Morgan fingerprint density at radius 1 is 1.17 bits per heavy atom. The van der Waals surface area contributed by atoms with Crippen LogP contribution in [0.1, 0.15) is 61.2 Å². The molecule has 2 fully saturated rings. The van der Waals surface area contributed by atoms with Crippen LogP contribution in [0, 0.1) is 0 Å². The lowest BCUT2D eigenvalue weighted by Gasteiger charge is -2.30. The number of aryl methyl sites for hydroxylation is 1. The van der Waals surface area contributed by atoms with Gasteiger partial charge in [0.1, 0.15) is 5.75 Å². The number of benzene rings is 1. The van der Waals surface area contributed by atoms with Gasteiger partial charge in [0.15, 0.2) is 5.82 Å². The van der Waals surface area contributed by atoms with E-state index < -0.39 is 0 Å². The lowest BCUT2D eigenvalue weighted by molar-refractivity contribution is -0.132. The van der Waals surface area contributed by atoms with Crippen molar-refractivity contribution in [3.63, 3.8) is 0 Å². The van der Waals surface area contributed by atoms with Crippen molar-refractivity contribution < 1.29 is 18.8 Å². The van der Waals surface area contributed by atoms with Crippen molar-refractivity contribution in [2.45, 2.75) is 50.4 Å². The molecular formula is C22H29N3O4. The largest absolute Gasteiger partial charge is 0.497 e. The number of hydrogen-bond donors (Lipinski definition) is 0. The van der Waals surface area contributed by atoms with E-state index in [4.69, 9.17) is 14.0 Å². The number of piperidine rings is 1. The monoisotopic (exact) mass is 399 g/mol. The summed E-state index contributed by atoms with van der Waals surface area (Å²) >= 11 is 0. The van der Waals surface area contributed by atoms with Crippen molar-refractivity contribution in [3.8, 4) is 5.75 Å². The first-order valence-corrected chi connectivity index (χ1v) is 10.5. The predicted molar refractivity (Wildman–Crippen MR) is 107 cm³/mol. The molecule has 0 N–H and O–H groups in total. The molecule has 1 aromatic heterocycles. The van der Waals surface area contributed by atoms with Gasteiger partial charge in [0.25, 0.3) is 0 Å². The van der Waals surface area contributed by atoms with Crippen LogP contribution in [0.25, 0.3) is 0 Å². The molecule has 1 aromatic carbocycles. The van der Waals surface area contributed by atoms with E-state index in [0.29, 0.717) is 12.3 Å². The smallest absolute Gasteiger partial charge is 0.229 e. The van der Waals surface area contributed by atoms with Gasteiger partial charge in [-0.3, -0.25) is 4.79 Å². The van der Waals surface area contributed by atoms with E-state index in [9.17, 15) is 4.79 Å². The fraction of sp³-hybridized carbons (Fsp3) is 0.591. The number of aromatic nitrogens is 2. The van der Waals surface area contributed by atoms with Crippen LogP contribution in [-0.4, -0.2) is 54.4 Å². The molecule has 2 aliphatic rings. The van der Waals surface area contributed by atoms with Crippen LogP contribution in [0.15, 0.2) is 28.8 Å². The second kappa shape index (κ2) is 9.39. The number of carbonyl (C=O) groups is 1. The standard InChI is InChI=1S/C22H29N3O4/c1-27-19-4-2-3-16(15-19)5-6-20(26)25-11-7-18(8-12-25)22-23-21(24-29-22)17-9-13-28-14-10-17/h2-4,15,17-18H,5-14H2,1H3. The van der Waals surface area contributed by atoms with E-state index in [0.717, 1.165) is 81.4 Å². The van der Waals surface area contributed by atoms with Crippen LogP contribution in [0.4, 0.5) is 0 Å². The highest BCUT2D eigenvalue weighted by Crippen LogP contribution is 2.30. The number of amides is 1. The molecule has 2 aromatic rings. The summed E-state index contributed by atoms with van der Waals surface area (Å²) in [6.07, 6.45) is 4.92. The maximum Gasteiger partial charge on any atom is 0.229 e. The Morgan fingerprint density at radius 2 is 1.97 bits per heavy atom. The number of likely N-dealkylation sites (tertiary alicyclic amines) is 1. The lowest BCUT2D eigenvalue weighted by atomic mass is 9.96. The molecule has 2 saturated heterocycles. The third-order valence-corrected chi connectivity index (χ3v) is 6.00. The van der Waals surface area contributed by atoms with E-state index >= 15 is 0 Å². The fourth-order valence-corrected chi connectivity index (χ4v) is 4.15. The summed E-state index contributed by atoms with van der Waals surface area (Å²) in [6.45, 7) is 3.03. The van der Waals surface area contributed by atoms with Gasteiger partial charge >= 0.3 is 0 Å². The molecule has 1 amide bonds. The molecule has 0 radical (unpaired) electrons. The lowest BCUT2D eigenvalue weighted by Crippen LogP contribution is -2.38. The highest BCUT2D eigenvalue weighted by atomic mass is 16.5. The summed E-state index contributed by atoms with van der Waals surface area (Å²) < 4.78 is 16.2. The molecule has 0 saturated carbocycles. The molecule has 0 aliphatic carbocycles. The Balaban J connectivity index is 1.25. The summed E-state index contributed by atoms with van der Waals surface area (Å²) in [7, 11) is 1.66. The zero-order valence-corrected chi connectivity index (χ0v) is 17.0. The molecule has 0 bridgehead atoms. The van der Waals surface area contributed by atoms with Crippen molar-refractivity contribution in [2.75, 3.05) is 33.4 Å². The molecule has 0 atom stereocenters. The van der Waals surface area contributed by atoms with Crippen molar-refractivity contribution in [1.82, 2.24) is 15.0 Å². The third kappa shape index (κ3) is 4.96. The molecule has 2 aliphatic heterocycles. The summed E-state index contributed by atoms with van der Waals surface area (Å²) in [5.41, 5.74) is 1.12. The number of ether oxygens (including phenoxy) is 2. The zero-order chi connectivity index (χ0) is 20.1. The summed E-state index contributed by atoms with van der Waals surface area (Å²) in [5.74, 6) is 3.18. The van der Waals surface area contributed by atoms with Crippen LogP contribution in [0.2, 0.25) is 0 Å². The molecular weight excluding hydrogens is 370 g/mol. The van der Waals surface area contributed by atoms with E-state index in [1.165, 1.54) is 0 Å². The minimum atomic E-state index is 0.208. The molecule has 3 heterocycles. The quantitative estimate of drug-likeness (QED) is 0.742. The molecule has 7 heteroatoms. The van der Waals surface area contributed by atoms with E-state index in [1.807, 2.05) is 29.2 Å². The van der Waals surface area contributed by atoms with E-state index in [1.54, 1.807) is 7.11 Å². The van der Waals surface area contributed by atoms with Crippen LogP contribution < -0.4 is 4.74 Å². The summed E-state index contributed by atoms with van der Waals surface area (Å²) in [5, 5.41) is 4.21. The van der Waals surface area contributed by atoms with Gasteiger partial charge in [0.2, 0.25) is 11.8 Å². The van der Waals surface area contributed by atoms with E-state index in [-0.39, 0.29) is 11.8 Å². The Kier molecular flexibility index (Phi) is 6.44. The SMILES string of the molecule is COc1cccc(CCC(=O)N2CCC(c3nc(C4CCOCC4)no3)CC2)c1. The topological polar surface area (TPSA) is 77.7 Å². The Labute approximate surface area is 171 Å². The van der Waals surface area contributed by atoms with Gasteiger partial charge in [0.05, 0.1) is 7.11 Å². The van der Waals surface area contributed by atoms with Crippen LogP contribution >= 0.6 is 0 Å². The van der Waals surface area contributed by atoms with Gasteiger partial charge < -0.3 is 18.9 Å². The Hall–Kier alpha value is -2.41. The highest BCUT2D eigenvalue weighted by molar-refractivity contribution is 5.76. The van der Waals surface area contributed by atoms with Gasteiger partial charge in [-0.05, 0) is 49.8 Å². The maximum atomic E-state index is 12.6. The average Bonchev–Trinajstić information content (AvgIpc) is 3.29. The van der Waals surface area contributed by atoms with Gasteiger partial charge in [-0.15, -0.1) is 0 Å². The number of nitrogens with zero attached hydrogens (tertiary/aromatic N) is 3. The van der Waals surface area contributed by atoms with Crippen LogP contribution in [0.5, 0.6) is 5.75 Å². The Bertz CT molecular complexity index is 808. The van der Waals surface area contributed by atoms with Gasteiger partial charge in [-0.25, -0.2) is 0 Å². The second-order valence-electron chi connectivity index (χ2n) is 7.88. The molecule has 7 nitrogen and oxygen atoms in total. The van der Waals surface area contributed by atoms with Crippen LogP contribution in [-0.2, 0) is 16.0 Å². The number of rotatable bonds is 6. The average molecular weight is 399 g/mol. The summed E-state index contributed by atoms with van der Waals surface area (Å²) in [4.78, 5) is 19.2. The van der Waals surface area contributed by atoms with Crippen molar-refractivity contribution >= 4 is 5.91 Å². The fourth-order valence-electron chi connectivity index (χ4n) is 4.15. The molecule has 4 rings (SSSR count). The highest BCUT2D eigenvalue weighted by Gasteiger charge is 2.29. The first-order chi connectivity index (χ1) is 14.2. The number of methoxy groups -OCH3 is 1. The predicted octanol–water partition coefficient (Wildman–Crippen LogP) is 3.31. The van der Waals surface area contributed by atoms with Crippen molar-refractivity contribution in [1.29, 1.82) is 0 Å². The normalized spacial score (nSPS) is 18.7. The van der Waals surface area contributed by atoms with Gasteiger partial charge in [-0.2, -0.15) is 4.98 Å². The first kappa shape index (κ1) is 19.9. The van der Waals surface area contributed by atoms with Crippen LogP contribution in [0.3, 0.4) is 0 Å². The third-order valence-electron chi connectivity index (χ3n) is 6.00. The number of carbonyl (C=O) groups excluding carboxylic acids is 1. The van der Waals surface area contributed by atoms with E-state index in [2.05, 4.69) is 10.1 Å².